The minimum atomic E-state index is -0.916. The van der Waals surface area contributed by atoms with Gasteiger partial charge in [0.1, 0.15) is 11.8 Å². The zero-order valence-corrected chi connectivity index (χ0v) is 10.1. The number of benzene rings is 1. The van der Waals surface area contributed by atoms with Crippen LogP contribution in [0.15, 0.2) is 24.3 Å². The van der Waals surface area contributed by atoms with Crippen molar-refractivity contribution in [3.63, 3.8) is 0 Å². The average Bonchev–Trinajstić information content (AvgIpc) is 2.33. The van der Waals surface area contributed by atoms with Crippen molar-refractivity contribution < 1.29 is 19.4 Å². The molecular formula is C12H16N2O4. The largest absolute Gasteiger partial charge is 0.484 e. The lowest BCUT2D eigenvalue weighted by atomic mass is 10.2. The number of rotatable bonds is 7. The van der Waals surface area contributed by atoms with Gasteiger partial charge in [0, 0.05) is 11.8 Å². The number of hydrogen-bond donors (Lipinski definition) is 3. The number of amides is 1. The van der Waals surface area contributed by atoms with Crippen LogP contribution in [0.5, 0.6) is 5.75 Å². The van der Waals surface area contributed by atoms with Crippen LogP contribution in [-0.2, 0) is 9.59 Å². The highest BCUT2D eigenvalue weighted by Gasteiger charge is 2.14. The van der Waals surface area contributed by atoms with E-state index < -0.39 is 17.9 Å². The molecule has 0 spiro atoms. The van der Waals surface area contributed by atoms with E-state index in [0.717, 1.165) is 0 Å². The van der Waals surface area contributed by atoms with Gasteiger partial charge in [0.25, 0.3) is 5.91 Å². The molecule has 0 aliphatic heterocycles. The van der Waals surface area contributed by atoms with Crippen LogP contribution >= 0.6 is 0 Å². The van der Waals surface area contributed by atoms with Crippen molar-refractivity contribution in [2.75, 3.05) is 11.9 Å². The number of carboxylic acids is 1. The average molecular weight is 252 g/mol. The van der Waals surface area contributed by atoms with E-state index in [1.54, 1.807) is 31.2 Å². The Hall–Kier alpha value is -2.24. The van der Waals surface area contributed by atoms with E-state index in [9.17, 15) is 9.59 Å². The molecule has 18 heavy (non-hydrogen) atoms. The van der Waals surface area contributed by atoms with Crippen molar-refractivity contribution in [2.45, 2.75) is 19.4 Å². The summed E-state index contributed by atoms with van der Waals surface area (Å²) in [5.74, 6) is -1.02. The standard InChI is InChI=1S/C12H16N2O4/c1-2-10(12(16)17)14-8-4-3-5-9(6-8)18-7-11(13)15/h3-6,10,14H,2,7H2,1H3,(H2,13,15)(H,16,17). The molecule has 0 saturated carbocycles. The molecule has 0 aliphatic carbocycles. The second-order valence-corrected chi connectivity index (χ2v) is 3.73. The third kappa shape index (κ3) is 4.32. The van der Waals surface area contributed by atoms with Gasteiger partial charge in [0.05, 0.1) is 0 Å². The molecular weight excluding hydrogens is 236 g/mol. The quantitative estimate of drug-likeness (QED) is 0.667. The number of primary amides is 1. The summed E-state index contributed by atoms with van der Waals surface area (Å²) in [6.45, 7) is 1.57. The van der Waals surface area contributed by atoms with Gasteiger partial charge in [-0.25, -0.2) is 4.79 Å². The molecule has 1 rings (SSSR count). The fraction of sp³-hybridized carbons (Fsp3) is 0.333. The SMILES string of the molecule is CCC(Nc1cccc(OCC(N)=O)c1)C(=O)O. The summed E-state index contributed by atoms with van der Waals surface area (Å²) < 4.78 is 5.12. The predicted molar refractivity (Wildman–Crippen MR) is 66.5 cm³/mol. The van der Waals surface area contributed by atoms with Crippen LogP contribution in [0, 0.1) is 0 Å². The summed E-state index contributed by atoms with van der Waals surface area (Å²) in [5.41, 5.74) is 5.58. The van der Waals surface area contributed by atoms with E-state index in [2.05, 4.69) is 5.32 Å². The zero-order chi connectivity index (χ0) is 13.5. The van der Waals surface area contributed by atoms with Crippen LogP contribution in [0.1, 0.15) is 13.3 Å². The second kappa shape index (κ2) is 6.48. The predicted octanol–water partition coefficient (Wildman–Crippen LogP) is 0.826. The molecule has 1 atom stereocenters. The van der Waals surface area contributed by atoms with Gasteiger partial charge in [-0.2, -0.15) is 0 Å². The Morgan fingerprint density at radius 1 is 1.50 bits per heavy atom. The lowest BCUT2D eigenvalue weighted by Gasteiger charge is -2.14. The van der Waals surface area contributed by atoms with Crippen molar-refractivity contribution in [2.24, 2.45) is 5.73 Å². The van der Waals surface area contributed by atoms with Crippen molar-refractivity contribution in [1.29, 1.82) is 0 Å². The first-order valence-corrected chi connectivity index (χ1v) is 5.53. The van der Waals surface area contributed by atoms with E-state index in [1.807, 2.05) is 0 Å². The van der Waals surface area contributed by atoms with Gasteiger partial charge in [-0.15, -0.1) is 0 Å². The highest BCUT2D eigenvalue weighted by atomic mass is 16.5. The van der Waals surface area contributed by atoms with Crippen molar-refractivity contribution >= 4 is 17.6 Å². The summed E-state index contributed by atoms with van der Waals surface area (Å²) in [5, 5.41) is 11.8. The van der Waals surface area contributed by atoms with Crippen molar-refractivity contribution in [3.05, 3.63) is 24.3 Å². The molecule has 1 unspecified atom stereocenters. The Kier molecular flexibility index (Phi) is 4.98. The normalized spacial score (nSPS) is 11.6. The van der Waals surface area contributed by atoms with Gasteiger partial charge in [0.15, 0.2) is 6.61 Å². The summed E-state index contributed by atoms with van der Waals surface area (Å²) in [6.07, 6.45) is 0.460. The molecule has 1 amide bonds. The third-order valence-corrected chi connectivity index (χ3v) is 2.26. The molecule has 1 aromatic rings. The second-order valence-electron chi connectivity index (χ2n) is 3.73. The first kappa shape index (κ1) is 13.8. The molecule has 6 nitrogen and oxygen atoms in total. The highest BCUT2D eigenvalue weighted by molar-refractivity contribution is 5.77. The van der Waals surface area contributed by atoms with Crippen LogP contribution in [0.2, 0.25) is 0 Å². The number of hydrogen-bond acceptors (Lipinski definition) is 4. The fourth-order valence-corrected chi connectivity index (χ4v) is 1.37. The number of anilines is 1. The van der Waals surface area contributed by atoms with Gasteiger partial charge in [0.2, 0.25) is 0 Å². The van der Waals surface area contributed by atoms with Gasteiger partial charge in [-0.3, -0.25) is 4.79 Å². The highest BCUT2D eigenvalue weighted by Crippen LogP contribution is 2.18. The lowest BCUT2D eigenvalue weighted by molar-refractivity contribution is -0.138. The fourth-order valence-electron chi connectivity index (χ4n) is 1.37. The minimum Gasteiger partial charge on any atom is -0.484 e. The number of carbonyl (C=O) groups is 2. The molecule has 4 N–H and O–H groups in total. The molecule has 1 aromatic carbocycles. The summed E-state index contributed by atoms with van der Waals surface area (Å²) in [4.78, 5) is 21.5. The molecule has 6 heteroatoms. The minimum absolute atomic E-state index is 0.209. The molecule has 0 aliphatic rings. The monoisotopic (exact) mass is 252 g/mol. The van der Waals surface area contributed by atoms with E-state index in [0.29, 0.717) is 17.9 Å². The molecule has 0 aromatic heterocycles. The van der Waals surface area contributed by atoms with E-state index in [4.69, 9.17) is 15.6 Å². The zero-order valence-electron chi connectivity index (χ0n) is 10.1. The van der Waals surface area contributed by atoms with E-state index >= 15 is 0 Å². The first-order chi connectivity index (χ1) is 8.52. The number of carboxylic acid groups (broad SMARTS) is 1. The Balaban J connectivity index is 2.69. The van der Waals surface area contributed by atoms with Gasteiger partial charge < -0.3 is 20.9 Å². The van der Waals surface area contributed by atoms with Crippen molar-refractivity contribution in [3.8, 4) is 5.75 Å². The maximum Gasteiger partial charge on any atom is 0.326 e. The Bertz CT molecular complexity index is 434. The topological polar surface area (TPSA) is 102 Å². The number of nitrogens with two attached hydrogens (primary N) is 1. The molecule has 0 saturated heterocycles. The van der Waals surface area contributed by atoms with E-state index in [-0.39, 0.29) is 6.61 Å². The maximum atomic E-state index is 10.9. The van der Waals surface area contributed by atoms with Gasteiger partial charge in [-0.05, 0) is 18.6 Å². The molecule has 0 heterocycles. The van der Waals surface area contributed by atoms with Crippen LogP contribution in [-0.4, -0.2) is 29.6 Å². The lowest BCUT2D eigenvalue weighted by Crippen LogP contribution is -2.28. The molecule has 0 bridgehead atoms. The number of nitrogens with one attached hydrogen (secondary N) is 1. The number of ether oxygens (including phenoxy) is 1. The summed E-state index contributed by atoms with van der Waals surface area (Å²) in [7, 11) is 0. The molecule has 0 fully saturated rings. The van der Waals surface area contributed by atoms with Gasteiger partial charge in [-0.1, -0.05) is 13.0 Å². The van der Waals surface area contributed by atoms with Crippen LogP contribution in [0.4, 0.5) is 5.69 Å². The Morgan fingerprint density at radius 2 is 2.22 bits per heavy atom. The number of carbonyl (C=O) groups excluding carboxylic acids is 1. The van der Waals surface area contributed by atoms with Crippen LogP contribution in [0.25, 0.3) is 0 Å². The van der Waals surface area contributed by atoms with Gasteiger partial charge >= 0.3 is 5.97 Å². The molecule has 0 radical (unpaired) electrons. The Morgan fingerprint density at radius 3 is 2.78 bits per heavy atom. The van der Waals surface area contributed by atoms with Crippen molar-refractivity contribution in [1.82, 2.24) is 0 Å². The molecule has 98 valence electrons. The Labute approximate surface area is 105 Å². The van der Waals surface area contributed by atoms with E-state index in [1.165, 1.54) is 0 Å². The van der Waals surface area contributed by atoms with Crippen LogP contribution in [0.3, 0.4) is 0 Å². The third-order valence-electron chi connectivity index (χ3n) is 2.26. The summed E-state index contributed by atoms with van der Waals surface area (Å²) >= 11 is 0. The summed E-state index contributed by atoms with van der Waals surface area (Å²) in [6, 6.07) is 6.05. The van der Waals surface area contributed by atoms with Crippen LogP contribution < -0.4 is 15.8 Å². The first-order valence-electron chi connectivity index (χ1n) is 5.53. The maximum absolute atomic E-state index is 10.9. The number of aliphatic carboxylic acids is 1. The smallest absolute Gasteiger partial charge is 0.326 e.